The highest BCUT2D eigenvalue weighted by atomic mass is 16.5. The van der Waals surface area contributed by atoms with Crippen LogP contribution in [0.2, 0.25) is 0 Å². The average molecular weight is 384 g/mol. The molecule has 2 aliphatic carbocycles. The second-order valence-corrected chi connectivity index (χ2v) is 8.23. The number of rotatable bonds is 9. The van der Waals surface area contributed by atoms with E-state index in [2.05, 4.69) is 0 Å². The van der Waals surface area contributed by atoms with Crippen molar-refractivity contribution in [2.75, 3.05) is 6.61 Å². The molecule has 0 aromatic carbocycles. The van der Waals surface area contributed by atoms with Gasteiger partial charge in [0.1, 0.15) is 0 Å². The van der Waals surface area contributed by atoms with Crippen molar-refractivity contribution in [3.05, 3.63) is 0 Å². The molecule has 2 saturated carbocycles. The minimum atomic E-state index is -2.63. The van der Waals surface area contributed by atoms with Crippen LogP contribution in [0.15, 0.2) is 0 Å². The summed E-state index contributed by atoms with van der Waals surface area (Å²) in [4.78, 5) is 34.2. The molecule has 0 spiro atoms. The van der Waals surface area contributed by atoms with Crippen molar-refractivity contribution in [3.63, 3.8) is 0 Å². The largest absolute Gasteiger partial charge is 0.481 e. The van der Waals surface area contributed by atoms with Crippen LogP contribution in [0.5, 0.6) is 0 Å². The monoisotopic (exact) mass is 384 g/mol. The lowest BCUT2D eigenvalue weighted by molar-refractivity contribution is -0.172. The van der Waals surface area contributed by atoms with Gasteiger partial charge in [-0.05, 0) is 17.8 Å². The Morgan fingerprint density at radius 2 is 1.33 bits per heavy atom. The van der Waals surface area contributed by atoms with E-state index in [9.17, 15) is 19.5 Å². The zero-order valence-corrected chi connectivity index (χ0v) is 15.9. The van der Waals surface area contributed by atoms with Gasteiger partial charge < -0.3 is 20.1 Å². The highest BCUT2D eigenvalue weighted by molar-refractivity contribution is 5.88. The zero-order chi connectivity index (χ0) is 19.9. The molecular weight excluding hydrogens is 352 g/mol. The van der Waals surface area contributed by atoms with Gasteiger partial charge in [-0.25, -0.2) is 4.79 Å². The molecule has 1 atom stereocenters. The number of carboxylic acid groups (broad SMARTS) is 2. The van der Waals surface area contributed by atoms with E-state index in [1.807, 2.05) is 0 Å². The second-order valence-electron chi connectivity index (χ2n) is 8.23. The molecule has 1 unspecified atom stereocenters. The van der Waals surface area contributed by atoms with Gasteiger partial charge in [-0.2, -0.15) is 0 Å². The summed E-state index contributed by atoms with van der Waals surface area (Å²) in [7, 11) is 0. The number of aliphatic hydroxyl groups is 1. The van der Waals surface area contributed by atoms with E-state index >= 15 is 0 Å². The molecule has 7 heteroatoms. The molecule has 3 N–H and O–H groups in total. The van der Waals surface area contributed by atoms with Crippen LogP contribution in [-0.2, 0) is 19.1 Å². The van der Waals surface area contributed by atoms with Gasteiger partial charge in [0, 0.05) is 0 Å². The lowest BCUT2D eigenvalue weighted by atomic mass is 9.70. The summed E-state index contributed by atoms with van der Waals surface area (Å²) in [5.41, 5.74) is -2.63. The number of carbonyl (C=O) groups excluding carboxylic acids is 1. The van der Waals surface area contributed by atoms with Crippen molar-refractivity contribution < 1.29 is 34.4 Å². The topological polar surface area (TPSA) is 121 Å². The van der Waals surface area contributed by atoms with Crippen LogP contribution in [0.4, 0.5) is 0 Å². The summed E-state index contributed by atoms with van der Waals surface area (Å²) >= 11 is 0. The van der Waals surface area contributed by atoms with Crippen LogP contribution in [0.3, 0.4) is 0 Å². The summed E-state index contributed by atoms with van der Waals surface area (Å²) in [5.74, 6) is -2.74. The van der Waals surface area contributed by atoms with Crippen molar-refractivity contribution >= 4 is 17.9 Å². The molecule has 2 aliphatic rings. The number of ether oxygens (including phenoxy) is 1. The first-order valence-corrected chi connectivity index (χ1v) is 10.1. The highest BCUT2D eigenvalue weighted by Crippen LogP contribution is 2.40. The molecule has 7 nitrogen and oxygen atoms in total. The van der Waals surface area contributed by atoms with Gasteiger partial charge in [0.25, 0.3) is 0 Å². The van der Waals surface area contributed by atoms with Crippen LogP contribution in [0.1, 0.15) is 77.0 Å². The van der Waals surface area contributed by atoms with Crippen molar-refractivity contribution in [2.45, 2.75) is 82.7 Å². The minimum absolute atomic E-state index is 0.233. The highest BCUT2D eigenvalue weighted by Gasteiger charge is 2.42. The van der Waals surface area contributed by atoms with Gasteiger partial charge in [0.05, 0.1) is 19.4 Å². The van der Waals surface area contributed by atoms with Crippen molar-refractivity contribution in [1.29, 1.82) is 0 Å². The van der Waals surface area contributed by atoms with Crippen LogP contribution in [0.25, 0.3) is 0 Å². The molecule has 27 heavy (non-hydrogen) atoms. The molecule has 0 heterocycles. The van der Waals surface area contributed by atoms with Crippen molar-refractivity contribution in [3.8, 4) is 0 Å². The Labute approximate surface area is 160 Å². The first kappa shape index (κ1) is 21.7. The predicted octanol–water partition coefficient (Wildman–Crippen LogP) is 2.99. The van der Waals surface area contributed by atoms with E-state index in [1.54, 1.807) is 0 Å². The smallest absolute Gasteiger partial charge is 0.336 e. The van der Waals surface area contributed by atoms with Gasteiger partial charge >= 0.3 is 17.9 Å². The summed E-state index contributed by atoms with van der Waals surface area (Å²) in [5, 5.41) is 27.9. The molecule has 2 rings (SSSR count). The molecular formula is C20H32O7. The molecule has 0 aliphatic heterocycles. The Kier molecular flexibility index (Phi) is 8.07. The number of carbonyl (C=O) groups is 3. The summed E-state index contributed by atoms with van der Waals surface area (Å²) in [6.45, 7) is 0.233. The molecule has 0 radical (unpaired) electrons. The van der Waals surface area contributed by atoms with Gasteiger partial charge in [-0.15, -0.1) is 0 Å². The third kappa shape index (κ3) is 6.48. The maximum Gasteiger partial charge on any atom is 0.336 e. The number of esters is 1. The third-order valence-electron chi connectivity index (χ3n) is 6.23. The molecule has 2 fully saturated rings. The lowest BCUT2D eigenvalue weighted by Crippen LogP contribution is -2.43. The number of carboxylic acids is 2. The maximum absolute atomic E-state index is 12.2. The van der Waals surface area contributed by atoms with E-state index in [1.165, 1.54) is 38.5 Å². The molecule has 0 amide bonds. The Hall–Kier alpha value is -1.63. The normalized spacial score (nSPS) is 21.6. The Bertz CT molecular complexity index is 502. The average Bonchev–Trinajstić information content (AvgIpc) is 2.63. The van der Waals surface area contributed by atoms with Gasteiger partial charge in [-0.1, -0.05) is 64.2 Å². The predicted molar refractivity (Wildman–Crippen MR) is 97.1 cm³/mol. The van der Waals surface area contributed by atoms with Gasteiger partial charge in [0.2, 0.25) is 0 Å². The second kappa shape index (κ2) is 10.1. The van der Waals surface area contributed by atoms with Crippen LogP contribution in [-0.4, -0.2) is 45.4 Å². The van der Waals surface area contributed by atoms with E-state index < -0.39 is 36.4 Å². The standard InChI is InChI=1S/C20H32O7/c21-17(22)11-20(26,19(24)25)12-18(23)27-13-16(14-7-3-1-4-8-14)15-9-5-2-6-10-15/h14-16,26H,1-13H2,(H,21,22)(H,24,25). The lowest BCUT2D eigenvalue weighted by Gasteiger charge is -2.37. The molecule has 0 aromatic rings. The summed E-state index contributed by atoms with van der Waals surface area (Å²) in [6.07, 6.45) is 9.92. The maximum atomic E-state index is 12.2. The van der Waals surface area contributed by atoms with E-state index in [0.717, 1.165) is 25.7 Å². The van der Waals surface area contributed by atoms with Crippen LogP contribution >= 0.6 is 0 Å². The molecule has 0 bridgehead atoms. The molecule has 0 saturated heterocycles. The fourth-order valence-corrected chi connectivity index (χ4v) is 4.72. The zero-order valence-electron chi connectivity index (χ0n) is 15.9. The fraction of sp³-hybridized carbons (Fsp3) is 0.850. The van der Waals surface area contributed by atoms with Crippen molar-refractivity contribution in [1.82, 2.24) is 0 Å². The van der Waals surface area contributed by atoms with E-state index in [0.29, 0.717) is 11.8 Å². The first-order chi connectivity index (χ1) is 12.8. The van der Waals surface area contributed by atoms with E-state index in [-0.39, 0.29) is 12.5 Å². The van der Waals surface area contributed by atoms with Gasteiger partial charge in [-0.3, -0.25) is 9.59 Å². The van der Waals surface area contributed by atoms with Crippen LogP contribution < -0.4 is 0 Å². The number of hydrogen-bond acceptors (Lipinski definition) is 5. The Morgan fingerprint density at radius 3 is 1.74 bits per heavy atom. The van der Waals surface area contributed by atoms with E-state index in [4.69, 9.17) is 14.9 Å². The quantitative estimate of drug-likeness (QED) is 0.522. The van der Waals surface area contributed by atoms with Crippen molar-refractivity contribution in [2.24, 2.45) is 17.8 Å². The molecule has 0 aromatic heterocycles. The number of aliphatic carboxylic acids is 2. The first-order valence-electron chi connectivity index (χ1n) is 10.1. The van der Waals surface area contributed by atoms with Gasteiger partial charge in [0.15, 0.2) is 5.60 Å². The SMILES string of the molecule is O=C(O)CC(O)(CC(=O)OCC(C1CCCCC1)C1CCCCC1)C(=O)O. The fourth-order valence-electron chi connectivity index (χ4n) is 4.72. The Morgan fingerprint density at radius 1 is 0.852 bits per heavy atom. The Balaban J connectivity index is 1.96. The summed E-state index contributed by atoms with van der Waals surface area (Å²) < 4.78 is 5.38. The third-order valence-corrected chi connectivity index (χ3v) is 6.23. The minimum Gasteiger partial charge on any atom is -0.481 e. The van der Waals surface area contributed by atoms with Crippen LogP contribution in [0, 0.1) is 17.8 Å². The number of hydrogen-bond donors (Lipinski definition) is 3. The molecule has 154 valence electrons. The summed E-state index contributed by atoms with van der Waals surface area (Å²) in [6, 6.07) is 0.